The molecule has 1 N–H and O–H groups in total. The summed E-state index contributed by atoms with van der Waals surface area (Å²) in [7, 11) is 1.66. The number of allylic oxidation sites excluding steroid dienone is 1. The van der Waals surface area contributed by atoms with E-state index in [2.05, 4.69) is 48.1 Å². The van der Waals surface area contributed by atoms with Crippen LogP contribution in [-0.2, 0) is 9.53 Å². The second-order valence-electron chi connectivity index (χ2n) is 17.1. The van der Waals surface area contributed by atoms with Crippen LogP contribution in [0.2, 0.25) is 0 Å². The summed E-state index contributed by atoms with van der Waals surface area (Å²) < 4.78 is 11.4. The molecule has 1 aromatic carbocycles. The van der Waals surface area contributed by atoms with E-state index in [1.54, 1.807) is 13.2 Å². The maximum Gasteiger partial charge on any atom is 0.330 e. The first-order chi connectivity index (χ1) is 20.7. The predicted molar refractivity (Wildman–Crippen MR) is 178 cm³/mol. The first-order valence-electron chi connectivity index (χ1n) is 17.5. The van der Waals surface area contributed by atoms with Crippen LogP contribution in [0.5, 0.6) is 5.75 Å². The molecule has 4 nitrogen and oxygen atoms in total. The van der Waals surface area contributed by atoms with E-state index in [9.17, 15) is 9.90 Å². The molecule has 5 aliphatic carbocycles. The van der Waals surface area contributed by atoms with Crippen LogP contribution in [0.3, 0.4) is 0 Å². The summed E-state index contributed by atoms with van der Waals surface area (Å²) in [5, 5.41) is 11.0. The predicted octanol–water partition coefficient (Wildman–Crippen LogP) is 9.27. The summed E-state index contributed by atoms with van der Waals surface area (Å²) in [4.78, 5) is 13.0. The van der Waals surface area contributed by atoms with Gasteiger partial charge in [0.15, 0.2) is 0 Å². The molecule has 0 unspecified atom stereocenters. The molecule has 4 heteroatoms. The van der Waals surface area contributed by atoms with E-state index in [1.807, 2.05) is 30.3 Å². The largest absolute Gasteiger partial charge is 0.497 e. The topological polar surface area (TPSA) is 55.8 Å². The van der Waals surface area contributed by atoms with Crippen molar-refractivity contribution in [2.24, 2.45) is 56.7 Å². The van der Waals surface area contributed by atoms with Crippen molar-refractivity contribution in [3.63, 3.8) is 0 Å². The number of hydrogen-bond acceptors (Lipinski definition) is 4. The van der Waals surface area contributed by atoms with Gasteiger partial charge < -0.3 is 14.6 Å². The zero-order valence-corrected chi connectivity index (χ0v) is 28.6. The van der Waals surface area contributed by atoms with E-state index in [-0.39, 0.29) is 39.1 Å². The Kier molecular flexibility index (Phi) is 7.99. The van der Waals surface area contributed by atoms with Gasteiger partial charge >= 0.3 is 5.97 Å². The average molecular weight is 603 g/mol. The zero-order valence-electron chi connectivity index (χ0n) is 28.6. The van der Waals surface area contributed by atoms with Gasteiger partial charge in [0.25, 0.3) is 0 Å². The minimum atomic E-state index is -0.245. The number of hydrogen-bond donors (Lipinski definition) is 1. The van der Waals surface area contributed by atoms with Crippen LogP contribution in [0.4, 0.5) is 0 Å². The van der Waals surface area contributed by atoms with Crippen LogP contribution in [0.25, 0.3) is 6.08 Å². The molecule has 5 fully saturated rings. The standard InChI is InChI=1S/C40H58O4/c1-26(2)29-17-22-40(25-44-34(42)16-11-27-9-12-28(43-8)13-10-27)24-23-38(6)30(35(29)40)14-15-32-37(5)20-19-33(41)36(3,4)31(37)18-21-39(32,38)7/h9-13,16,29-33,35,41H,1,14-15,17-25H2,2-8H3/t29-,30+,31+,32+,33+,35+,37-,38-,39-,40+/m1/s1. The highest BCUT2D eigenvalue weighted by Crippen LogP contribution is 2.77. The lowest BCUT2D eigenvalue weighted by Crippen LogP contribution is -2.66. The van der Waals surface area contributed by atoms with Gasteiger partial charge in [-0.15, -0.1) is 0 Å². The lowest BCUT2D eigenvalue weighted by Gasteiger charge is -2.73. The van der Waals surface area contributed by atoms with Crippen molar-refractivity contribution in [2.45, 2.75) is 112 Å². The van der Waals surface area contributed by atoms with Gasteiger partial charge in [0.05, 0.1) is 19.8 Å². The second-order valence-corrected chi connectivity index (χ2v) is 17.1. The van der Waals surface area contributed by atoms with E-state index >= 15 is 0 Å². The summed E-state index contributed by atoms with van der Waals surface area (Å²) in [6.07, 6.45) is 15.0. The number of esters is 1. The molecule has 5 saturated carbocycles. The number of benzene rings is 1. The molecular weight excluding hydrogens is 544 g/mol. The van der Waals surface area contributed by atoms with Crippen LogP contribution in [0.1, 0.15) is 111 Å². The maximum atomic E-state index is 13.0. The molecule has 0 radical (unpaired) electrons. The summed E-state index contributed by atoms with van der Waals surface area (Å²) in [6.45, 7) is 19.9. The van der Waals surface area contributed by atoms with Gasteiger partial charge in [0.2, 0.25) is 0 Å². The molecule has 0 amide bonds. The molecule has 10 atom stereocenters. The lowest BCUT2D eigenvalue weighted by molar-refractivity contribution is -0.249. The van der Waals surface area contributed by atoms with Gasteiger partial charge in [-0.2, -0.15) is 0 Å². The van der Waals surface area contributed by atoms with Gasteiger partial charge in [0.1, 0.15) is 5.75 Å². The Morgan fingerprint density at radius 1 is 0.909 bits per heavy atom. The van der Waals surface area contributed by atoms with E-state index in [4.69, 9.17) is 9.47 Å². The molecule has 5 aliphatic rings. The number of aliphatic hydroxyl groups is 1. The number of fused-ring (bicyclic) bond motifs is 7. The van der Waals surface area contributed by atoms with Crippen molar-refractivity contribution < 1.29 is 19.4 Å². The summed E-state index contributed by atoms with van der Waals surface area (Å²) in [5.41, 5.74) is 3.13. The summed E-state index contributed by atoms with van der Waals surface area (Å²) in [5.74, 6) is 3.48. The molecule has 0 bridgehead atoms. The van der Waals surface area contributed by atoms with Crippen molar-refractivity contribution >= 4 is 12.0 Å². The SMILES string of the molecule is C=C(C)[C@H]1CC[C@@]2(COC(=O)C=Cc3ccc(OC)cc3)CC[C@]3(C)[C@@H](CC[C@H]4[C@]5(C)CC[C@H](O)C(C)(C)[C@@H]5CC[C@]43C)[C@H]12. The number of ether oxygens (including phenoxy) is 2. The van der Waals surface area contributed by atoms with Crippen molar-refractivity contribution in [3.8, 4) is 5.75 Å². The fourth-order valence-corrected chi connectivity index (χ4v) is 12.7. The molecule has 44 heavy (non-hydrogen) atoms. The maximum absolute atomic E-state index is 13.0. The molecular formula is C40H58O4. The van der Waals surface area contributed by atoms with E-state index in [0.29, 0.717) is 36.2 Å². The third kappa shape index (κ3) is 4.66. The monoisotopic (exact) mass is 602 g/mol. The van der Waals surface area contributed by atoms with Crippen molar-refractivity contribution in [2.75, 3.05) is 13.7 Å². The third-order valence-corrected chi connectivity index (χ3v) is 15.2. The molecule has 6 rings (SSSR count). The summed E-state index contributed by atoms with van der Waals surface area (Å²) >= 11 is 0. The lowest BCUT2D eigenvalue weighted by atomic mass is 9.32. The molecule has 0 saturated heterocycles. The Morgan fingerprint density at radius 2 is 1.64 bits per heavy atom. The Bertz CT molecular complexity index is 1290. The zero-order chi connectivity index (χ0) is 31.7. The van der Waals surface area contributed by atoms with E-state index < -0.39 is 0 Å². The number of methoxy groups -OCH3 is 1. The second kappa shape index (κ2) is 11.0. The smallest absolute Gasteiger partial charge is 0.330 e. The van der Waals surface area contributed by atoms with Crippen LogP contribution < -0.4 is 4.74 Å². The molecule has 0 heterocycles. The number of aliphatic hydroxyl groups excluding tert-OH is 1. The van der Waals surface area contributed by atoms with Crippen molar-refractivity contribution in [1.29, 1.82) is 0 Å². The van der Waals surface area contributed by atoms with Gasteiger partial charge in [0, 0.05) is 11.5 Å². The van der Waals surface area contributed by atoms with Gasteiger partial charge in [-0.05, 0) is 146 Å². The van der Waals surface area contributed by atoms with Gasteiger partial charge in [-0.1, -0.05) is 58.9 Å². The Labute approximate surface area is 267 Å². The third-order valence-electron chi connectivity index (χ3n) is 15.2. The van der Waals surface area contributed by atoms with Crippen LogP contribution in [0, 0.1) is 56.7 Å². The van der Waals surface area contributed by atoms with Crippen LogP contribution in [-0.4, -0.2) is 30.9 Å². The first-order valence-corrected chi connectivity index (χ1v) is 17.5. The number of rotatable bonds is 6. The van der Waals surface area contributed by atoms with Crippen molar-refractivity contribution in [3.05, 3.63) is 48.1 Å². The van der Waals surface area contributed by atoms with Gasteiger partial charge in [-0.3, -0.25) is 0 Å². The van der Waals surface area contributed by atoms with Crippen molar-refractivity contribution in [1.82, 2.24) is 0 Å². The summed E-state index contributed by atoms with van der Waals surface area (Å²) in [6, 6.07) is 7.72. The normalized spacial score (nSPS) is 44.2. The van der Waals surface area contributed by atoms with Crippen LogP contribution >= 0.6 is 0 Å². The van der Waals surface area contributed by atoms with Crippen LogP contribution in [0.15, 0.2) is 42.5 Å². The molecule has 0 aliphatic heterocycles. The number of carbonyl (C=O) groups excluding carboxylic acids is 1. The Hall–Kier alpha value is -2.07. The highest BCUT2D eigenvalue weighted by molar-refractivity contribution is 5.87. The fraction of sp³-hybridized carbons (Fsp3) is 0.725. The molecule has 0 aromatic heterocycles. The minimum absolute atomic E-state index is 0.0179. The van der Waals surface area contributed by atoms with E-state index in [1.165, 1.54) is 37.7 Å². The molecule has 1 aromatic rings. The first kappa shape index (κ1) is 31.9. The Morgan fingerprint density at radius 3 is 2.32 bits per heavy atom. The fourth-order valence-electron chi connectivity index (χ4n) is 12.7. The quantitative estimate of drug-likeness (QED) is 0.200. The highest BCUT2D eigenvalue weighted by Gasteiger charge is 2.71. The molecule has 242 valence electrons. The molecule has 0 spiro atoms. The highest BCUT2D eigenvalue weighted by atomic mass is 16.5. The van der Waals surface area contributed by atoms with E-state index in [0.717, 1.165) is 43.4 Å². The number of carbonyl (C=O) groups is 1. The average Bonchev–Trinajstić information content (AvgIpc) is 3.38. The van der Waals surface area contributed by atoms with Gasteiger partial charge in [-0.25, -0.2) is 4.79 Å². The Balaban J connectivity index is 1.25. The minimum Gasteiger partial charge on any atom is -0.497 e.